The molecular formula is C18H26N4O2. The average Bonchev–Trinajstić information content (AvgIpc) is 2.61. The molecule has 1 heterocycles. The van der Waals surface area contributed by atoms with Gasteiger partial charge in [0.25, 0.3) is 5.91 Å². The number of allylic oxidation sites excluding steroid dienone is 1. The Bertz CT molecular complexity index is 707. The first-order valence-corrected chi connectivity index (χ1v) is 8.21. The zero-order valence-electron chi connectivity index (χ0n) is 15.0. The Morgan fingerprint density at radius 1 is 1.42 bits per heavy atom. The van der Waals surface area contributed by atoms with E-state index in [-0.39, 0.29) is 11.7 Å². The molecule has 0 spiro atoms. The van der Waals surface area contributed by atoms with E-state index in [0.717, 1.165) is 40.9 Å². The molecule has 0 unspecified atom stereocenters. The van der Waals surface area contributed by atoms with Gasteiger partial charge in [0.05, 0.1) is 5.69 Å². The monoisotopic (exact) mass is 330 g/mol. The van der Waals surface area contributed by atoms with Crippen LogP contribution >= 0.6 is 0 Å². The van der Waals surface area contributed by atoms with Crippen molar-refractivity contribution in [2.24, 2.45) is 4.99 Å². The highest BCUT2D eigenvalue weighted by Crippen LogP contribution is 2.40. The zero-order chi connectivity index (χ0) is 17.9. The maximum absolute atomic E-state index is 12.2. The lowest BCUT2D eigenvalue weighted by atomic mass is 9.91. The molecule has 0 aliphatic carbocycles. The summed E-state index contributed by atoms with van der Waals surface area (Å²) >= 11 is 0. The molecule has 0 fully saturated rings. The van der Waals surface area contributed by atoms with Gasteiger partial charge in [-0.2, -0.15) is 0 Å². The highest BCUT2D eigenvalue weighted by Gasteiger charge is 2.29. The Balaban J connectivity index is 2.70. The fourth-order valence-electron chi connectivity index (χ4n) is 3.07. The third kappa shape index (κ3) is 3.01. The number of phenols is 1. The van der Waals surface area contributed by atoms with Crippen molar-refractivity contribution in [3.8, 4) is 5.75 Å². The minimum Gasteiger partial charge on any atom is -0.507 e. The van der Waals surface area contributed by atoms with Crippen LogP contribution in [0.3, 0.4) is 0 Å². The lowest BCUT2D eigenvalue weighted by Crippen LogP contribution is -2.43. The number of amides is 1. The maximum Gasteiger partial charge on any atom is 0.268 e. The number of hydrazine groups is 1. The summed E-state index contributed by atoms with van der Waals surface area (Å²) in [6.45, 7) is 3.96. The van der Waals surface area contributed by atoms with Crippen molar-refractivity contribution < 1.29 is 9.90 Å². The van der Waals surface area contributed by atoms with E-state index in [2.05, 4.69) is 22.7 Å². The second kappa shape index (κ2) is 7.49. The molecule has 130 valence electrons. The second-order valence-electron chi connectivity index (χ2n) is 5.75. The molecule has 1 aromatic rings. The first-order chi connectivity index (χ1) is 11.5. The van der Waals surface area contributed by atoms with Crippen LogP contribution < -0.4 is 15.8 Å². The number of carbonyl (C=O) groups is 1. The summed E-state index contributed by atoms with van der Waals surface area (Å²) in [6.07, 6.45) is 4.14. The molecule has 24 heavy (non-hydrogen) atoms. The van der Waals surface area contributed by atoms with Gasteiger partial charge < -0.3 is 10.4 Å². The third-order valence-corrected chi connectivity index (χ3v) is 4.34. The smallest absolute Gasteiger partial charge is 0.268 e. The van der Waals surface area contributed by atoms with E-state index in [4.69, 9.17) is 0 Å². The molecule has 0 aromatic heterocycles. The normalized spacial score (nSPS) is 14.3. The lowest BCUT2D eigenvalue weighted by molar-refractivity contribution is -0.117. The van der Waals surface area contributed by atoms with Gasteiger partial charge in [-0.05, 0) is 37.5 Å². The SMILES string of the molecule is CCCc1c(O)c(C(C)=NC)cc2c1N(NC)C(C(=O)NC)=CC2. The molecule has 1 aliphatic rings. The number of aliphatic imine (C=N–C) groups is 1. The summed E-state index contributed by atoms with van der Waals surface area (Å²) in [7, 11) is 5.10. The number of hydrogen-bond acceptors (Lipinski definition) is 5. The average molecular weight is 330 g/mol. The number of carbonyl (C=O) groups excluding carboxylic acids is 1. The van der Waals surface area contributed by atoms with Gasteiger partial charge in [-0.3, -0.25) is 14.8 Å². The predicted octanol–water partition coefficient (Wildman–Crippen LogP) is 1.91. The van der Waals surface area contributed by atoms with E-state index >= 15 is 0 Å². The molecule has 0 atom stereocenters. The number of aromatic hydroxyl groups is 1. The van der Waals surface area contributed by atoms with Crippen molar-refractivity contribution in [3.63, 3.8) is 0 Å². The van der Waals surface area contributed by atoms with Crippen LogP contribution in [0.15, 0.2) is 22.8 Å². The molecular weight excluding hydrogens is 304 g/mol. The minimum atomic E-state index is -0.160. The van der Waals surface area contributed by atoms with E-state index in [9.17, 15) is 9.90 Å². The fourth-order valence-corrected chi connectivity index (χ4v) is 3.07. The number of hydrogen-bond donors (Lipinski definition) is 3. The molecule has 2 rings (SSSR count). The summed E-state index contributed by atoms with van der Waals surface area (Å²) < 4.78 is 0. The number of nitrogens with one attached hydrogen (secondary N) is 2. The number of phenolic OH excluding ortho intramolecular Hbond substituents is 1. The summed E-state index contributed by atoms with van der Waals surface area (Å²) in [5.74, 6) is 0.0874. The van der Waals surface area contributed by atoms with Crippen LogP contribution in [0.5, 0.6) is 5.75 Å². The second-order valence-corrected chi connectivity index (χ2v) is 5.75. The molecule has 3 N–H and O–H groups in total. The van der Waals surface area contributed by atoms with Gasteiger partial charge in [-0.1, -0.05) is 13.3 Å². The molecule has 1 aliphatic heterocycles. The van der Waals surface area contributed by atoms with Gasteiger partial charge in [0, 0.05) is 38.0 Å². The summed E-state index contributed by atoms with van der Waals surface area (Å²) in [5.41, 5.74) is 7.95. The molecule has 0 saturated heterocycles. The minimum absolute atomic E-state index is 0.160. The molecule has 6 nitrogen and oxygen atoms in total. The maximum atomic E-state index is 12.2. The summed E-state index contributed by atoms with van der Waals surface area (Å²) in [4.78, 5) is 16.4. The van der Waals surface area contributed by atoms with E-state index < -0.39 is 0 Å². The number of benzene rings is 1. The Hall–Kier alpha value is -2.34. The third-order valence-electron chi connectivity index (χ3n) is 4.34. The van der Waals surface area contributed by atoms with Crippen LogP contribution in [-0.4, -0.2) is 37.9 Å². The van der Waals surface area contributed by atoms with Crippen LogP contribution in [0.2, 0.25) is 0 Å². The van der Waals surface area contributed by atoms with Crippen LogP contribution in [0.4, 0.5) is 5.69 Å². The first-order valence-electron chi connectivity index (χ1n) is 8.21. The van der Waals surface area contributed by atoms with Crippen molar-refractivity contribution in [3.05, 3.63) is 34.5 Å². The van der Waals surface area contributed by atoms with Crippen molar-refractivity contribution in [1.82, 2.24) is 10.7 Å². The largest absolute Gasteiger partial charge is 0.507 e. The topological polar surface area (TPSA) is 77.0 Å². The summed E-state index contributed by atoms with van der Waals surface area (Å²) in [5, 5.41) is 15.2. The standard InChI is InChI=1S/C18H26N4O2/c1-6-7-13-16-12(10-14(17(13)23)11(2)19-3)8-9-15(18(24)20-4)22(16)21-5/h9-10,21,23H,6-8H2,1-5H3,(H,20,24). The van der Waals surface area contributed by atoms with Gasteiger partial charge in [-0.25, -0.2) is 5.43 Å². The van der Waals surface area contributed by atoms with Crippen molar-refractivity contribution in [2.45, 2.75) is 33.1 Å². The van der Waals surface area contributed by atoms with Gasteiger partial charge >= 0.3 is 0 Å². The number of nitrogens with zero attached hydrogens (tertiary/aromatic N) is 2. The van der Waals surface area contributed by atoms with E-state index in [1.165, 1.54) is 0 Å². The Morgan fingerprint density at radius 3 is 2.67 bits per heavy atom. The summed E-state index contributed by atoms with van der Waals surface area (Å²) in [6, 6.07) is 1.97. The predicted molar refractivity (Wildman–Crippen MR) is 97.6 cm³/mol. The van der Waals surface area contributed by atoms with Crippen LogP contribution in [0, 0.1) is 0 Å². The van der Waals surface area contributed by atoms with E-state index in [1.807, 2.05) is 19.1 Å². The van der Waals surface area contributed by atoms with E-state index in [0.29, 0.717) is 12.1 Å². The molecule has 0 radical (unpaired) electrons. The molecule has 0 saturated carbocycles. The van der Waals surface area contributed by atoms with Gasteiger partial charge in [-0.15, -0.1) is 0 Å². The van der Waals surface area contributed by atoms with Crippen molar-refractivity contribution >= 4 is 17.3 Å². The molecule has 1 amide bonds. The fraction of sp³-hybridized carbons (Fsp3) is 0.444. The first kappa shape index (κ1) is 18.0. The Kier molecular flexibility index (Phi) is 5.62. The Morgan fingerprint density at radius 2 is 2.12 bits per heavy atom. The highest BCUT2D eigenvalue weighted by molar-refractivity contribution is 6.03. The molecule has 0 bridgehead atoms. The van der Waals surface area contributed by atoms with Gasteiger partial charge in [0.15, 0.2) is 0 Å². The highest BCUT2D eigenvalue weighted by atomic mass is 16.3. The van der Waals surface area contributed by atoms with Gasteiger partial charge in [0.2, 0.25) is 0 Å². The van der Waals surface area contributed by atoms with Crippen molar-refractivity contribution in [2.75, 3.05) is 26.2 Å². The molecule has 6 heteroatoms. The lowest BCUT2D eigenvalue weighted by Gasteiger charge is -2.33. The quantitative estimate of drug-likeness (QED) is 0.721. The Labute approximate surface area is 143 Å². The number of anilines is 1. The van der Waals surface area contributed by atoms with E-state index in [1.54, 1.807) is 26.2 Å². The van der Waals surface area contributed by atoms with Crippen LogP contribution in [0.25, 0.3) is 0 Å². The number of rotatable bonds is 5. The zero-order valence-corrected chi connectivity index (χ0v) is 15.0. The molecule has 1 aromatic carbocycles. The number of fused-ring (bicyclic) bond motifs is 1. The van der Waals surface area contributed by atoms with Gasteiger partial charge in [0.1, 0.15) is 11.4 Å². The number of likely N-dealkylation sites (N-methyl/N-ethyl adjacent to an activating group) is 1. The van der Waals surface area contributed by atoms with Crippen molar-refractivity contribution in [1.29, 1.82) is 0 Å². The van der Waals surface area contributed by atoms with Crippen LogP contribution in [0.1, 0.15) is 37.0 Å². The van der Waals surface area contributed by atoms with Crippen LogP contribution in [-0.2, 0) is 17.6 Å².